The van der Waals surface area contributed by atoms with Crippen molar-refractivity contribution >= 4 is 23.5 Å². The Hall–Kier alpha value is -2.41. The number of ether oxygens (including phenoxy) is 1. The lowest BCUT2D eigenvalue weighted by Crippen LogP contribution is -2.38. The largest absolute Gasteiger partial charge is 0.480 e. The number of hydrogen-bond acceptors (Lipinski definition) is 4. The first-order chi connectivity index (χ1) is 11.0. The molecule has 0 radical (unpaired) electrons. The fourth-order valence-corrected chi connectivity index (χ4v) is 2.53. The molecule has 0 bridgehead atoms. The lowest BCUT2D eigenvalue weighted by atomic mass is 10.1. The van der Waals surface area contributed by atoms with E-state index in [-0.39, 0.29) is 19.1 Å². The first-order valence-corrected chi connectivity index (χ1v) is 7.43. The van der Waals surface area contributed by atoms with Crippen molar-refractivity contribution in [2.75, 3.05) is 38.3 Å². The second kappa shape index (κ2) is 7.73. The number of carboxylic acid groups (broad SMARTS) is 1. The number of aliphatic carboxylic acids is 1. The van der Waals surface area contributed by atoms with Gasteiger partial charge < -0.3 is 19.6 Å². The third kappa shape index (κ3) is 4.29. The highest BCUT2D eigenvalue weighted by molar-refractivity contribution is 5.99. The van der Waals surface area contributed by atoms with E-state index >= 15 is 0 Å². The van der Waals surface area contributed by atoms with Gasteiger partial charge >= 0.3 is 5.97 Å². The van der Waals surface area contributed by atoms with Gasteiger partial charge in [-0.15, -0.1) is 0 Å². The summed E-state index contributed by atoms with van der Waals surface area (Å²) >= 11 is 0. The van der Waals surface area contributed by atoms with Crippen molar-refractivity contribution in [1.82, 2.24) is 4.90 Å². The van der Waals surface area contributed by atoms with Gasteiger partial charge in [-0.05, 0) is 24.6 Å². The number of hydrogen-bond donors (Lipinski definition) is 1. The van der Waals surface area contributed by atoms with Crippen LogP contribution >= 0.6 is 0 Å². The van der Waals surface area contributed by atoms with Crippen molar-refractivity contribution < 1.29 is 24.2 Å². The molecule has 7 heteroatoms. The van der Waals surface area contributed by atoms with Crippen LogP contribution in [-0.2, 0) is 14.3 Å². The summed E-state index contributed by atoms with van der Waals surface area (Å²) in [5.74, 6) is -1.44. The highest BCUT2D eigenvalue weighted by atomic mass is 16.5. The van der Waals surface area contributed by atoms with Crippen molar-refractivity contribution in [3.63, 3.8) is 0 Å². The summed E-state index contributed by atoms with van der Waals surface area (Å²) in [7, 11) is 1.49. The van der Waals surface area contributed by atoms with Crippen molar-refractivity contribution in [2.24, 2.45) is 0 Å². The molecule has 1 N–H and O–H groups in total. The predicted octanol–water partition coefficient (Wildman–Crippen LogP) is 0.987. The van der Waals surface area contributed by atoms with Crippen molar-refractivity contribution in [1.29, 1.82) is 0 Å². The fourth-order valence-electron chi connectivity index (χ4n) is 2.53. The first kappa shape index (κ1) is 17.0. The highest BCUT2D eigenvalue weighted by Crippen LogP contribution is 2.22. The monoisotopic (exact) mass is 320 g/mol. The predicted molar refractivity (Wildman–Crippen MR) is 83.4 cm³/mol. The van der Waals surface area contributed by atoms with Crippen LogP contribution in [0.4, 0.5) is 5.69 Å². The zero-order valence-electron chi connectivity index (χ0n) is 13.0. The Morgan fingerprint density at radius 3 is 2.78 bits per heavy atom. The molecule has 124 valence electrons. The van der Waals surface area contributed by atoms with E-state index in [1.807, 2.05) is 0 Å². The maximum absolute atomic E-state index is 12.5. The number of methoxy groups -OCH3 is 1. The number of carboxylic acids is 1. The molecule has 2 amide bonds. The summed E-state index contributed by atoms with van der Waals surface area (Å²) < 4.78 is 4.92. The standard InChI is InChI=1S/C16H20N2O5/c1-23-9-8-17(11-15(20)21)16(22)12-4-2-5-13(10-12)18-7-3-6-14(18)19/h2,4-5,10H,3,6-9,11H2,1H3,(H,20,21). The van der Waals surface area contributed by atoms with E-state index in [0.717, 1.165) is 6.42 Å². The Bertz CT molecular complexity index is 602. The van der Waals surface area contributed by atoms with Gasteiger partial charge in [-0.25, -0.2) is 0 Å². The minimum Gasteiger partial charge on any atom is -0.480 e. The molecule has 1 aromatic rings. The molecule has 1 aliphatic heterocycles. The number of anilines is 1. The Balaban J connectivity index is 2.19. The van der Waals surface area contributed by atoms with Crippen LogP contribution in [0.15, 0.2) is 24.3 Å². The van der Waals surface area contributed by atoms with Crippen LogP contribution in [0.3, 0.4) is 0 Å². The molecule has 1 aliphatic rings. The van der Waals surface area contributed by atoms with Crippen molar-refractivity contribution in [2.45, 2.75) is 12.8 Å². The Labute approximate surface area is 134 Å². The summed E-state index contributed by atoms with van der Waals surface area (Å²) in [4.78, 5) is 38.2. The Morgan fingerprint density at radius 1 is 1.39 bits per heavy atom. The SMILES string of the molecule is COCCN(CC(=O)O)C(=O)c1cccc(N2CCCC2=O)c1. The van der Waals surface area contributed by atoms with Gasteiger partial charge in [0.1, 0.15) is 6.54 Å². The smallest absolute Gasteiger partial charge is 0.323 e. The van der Waals surface area contributed by atoms with Crippen molar-refractivity contribution in [3.05, 3.63) is 29.8 Å². The fraction of sp³-hybridized carbons (Fsp3) is 0.438. The van der Waals surface area contributed by atoms with Gasteiger partial charge in [0, 0.05) is 37.9 Å². The number of carbonyl (C=O) groups excluding carboxylic acids is 2. The summed E-state index contributed by atoms with van der Waals surface area (Å²) in [6.07, 6.45) is 1.31. The number of carbonyl (C=O) groups is 3. The zero-order valence-corrected chi connectivity index (χ0v) is 13.0. The van der Waals surface area contributed by atoms with Gasteiger partial charge in [0.15, 0.2) is 0 Å². The van der Waals surface area contributed by atoms with E-state index < -0.39 is 18.4 Å². The topological polar surface area (TPSA) is 87.2 Å². The summed E-state index contributed by atoms with van der Waals surface area (Å²) in [5.41, 5.74) is 1.03. The molecule has 23 heavy (non-hydrogen) atoms. The van der Waals surface area contributed by atoms with E-state index in [1.165, 1.54) is 12.0 Å². The second-order valence-corrected chi connectivity index (χ2v) is 5.31. The quantitative estimate of drug-likeness (QED) is 0.809. The summed E-state index contributed by atoms with van der Waals surface area (Å²) in [6, 6.07) is 6.72. The number of benzene rings is 1. The molecule has 0 unspecified atom stereocenters. The minimum atomic E-state index is -1.08. The van der Waals surface area contributed by atoms with Crippen LogP contribution in [0, 0.1) is 0 Å². The normalized spacial score (nSPS) is 14.1. The number of amides is 2. The molecule has 1 saturated heterocycles. The minimum absolute atomic E-state index is 0.0383. The molecule has 2 rings (SSSR count). The maximum atomic E-state index is 12.5. The summed E-state index contributed by atoms with van der Waals surface area (Å²) in [6.45, 7) is 0.686. The maximum Gasteiger partial charge on any atom is 0.323 e. The number of nitrogens with zero attached hydrogens (tertiary/aromatic N) is 2. The molecule has 0 spiro atoms. The molecule has 0 atom stereocenters. The molecule has 0 saturated carbocycles. The van der Waals surface area contributed by atoms with Crippen molar-refractivity contribution in [3.8, 4) is 0 Å². The first-order valence-electron chi connectivity index (χ1n) is 7.43. The molecule has 1 aromatic carbocycles. The van der Waals surface area contributed by atoms with E-state index in [2.05, 4.69) is 0 Å². The lowest BCUT2D eigenvalue weighted by molar-refractivity contribution is -0.137. The third-order valence-corrected chi connectivity index (χ3v) is 3.66. The highest BCUT2D eigenvalue weighted by Gasteiger charge is 2.23. The van der Waals surface area contributed by atoms with Gasteiger partial charge in [-0.1, -0.05) is 6.07 Å². The number of rotatable bonds is 7. The zero-order chi connectivity index (χ0) is 16.8. The van der Waals surface area contributed by atoms with Gasteiger partial charge in [0.25, 0.3) is 5.91 Å². The molecular formula is C16H20N2O5. The van der Waals surface area contributed by atoms with Crippen LogP contribution in [0.25, 0.3) is 0 Å². The van der Waals surface area contributed by atoms with Gasteiger partial charge in [-0.2, -0.15) is 0 Å². The molecular weight excluding hydrogens is 300 g/mol. The van der Waals surface area contributed by atoms with Crippen LogP contribution in [-0.4, -0.2) is 61.1 Å². The van der Waals surface area contributed by atoms with E-state index in [0.29, 0.717) is 24.2 Å². The van der Waals surface area contributed by atoms with Crippen LogP contribution in [0.1, 0.15) is 23.2 Å². The second-order valence-electron chi connectivity index (χ2n) is 5.31. The molecule has 1 fully saturated rings. The van der Waals surface area contributed by atoms with Gasteiger partial charge in [0.05, 0.1) is 6.61 Å². The average Bonchev–Trinajstić information content (AvgIpc) is 2.96. The summed E-state index contributed by atoms with van der Waals surface area (Å²) in [5, 5.41) is 8.95. The third-order valence-electron chi connectivity index (χ3n) is 3.66. The Morgan fingerprint density at radius 2 is 2.17 bits per heavy atom. The van der Waals surface area contributed by atoms with Gasteiger partial charge in [0.2, 0.25) is 5.91 Å². The lowest BCUT2D eigenvalue weighted by Gasteiger charge is -2.22. The van der Waals surface area contributed by atoms with Crippen LogP contribution < -0.4 is 4.90 Å². The van der Waals surface area contributed by atoms with Gasteiger partial charge in [-0.3, -0.25) is 14.4 Å². The van der Waals surface area contributed by atoms with E-state index in [9.17, 15) is 14.4 Å². The Kier molecular flexibility index (Phi) is 5.70. The molecule has 7 nitrogen and oxygen atoms in total. The van der Waals surface area contributed by atoms with E-state index in [1.54, 1.807) is 29.2 Å². The molecule has 1 heterocycles. The molecule has 0 aliphatic carbocycles. The average molecular weight is 320 g/mol. The van der Waals surface area contributed by atoms with E-state index in [4.69, 9.17) is 9.84 Å². The van der Waals surface area contributed by atoms with Crippen LogP contribution in [0.2, 0.25) is 0 Å². The van der Waals surface area contributed by atoms with Crippen LogP contribution in [0.5, 0.6) is 0 Å². The molecule has 0 aromatic heterocycles.